The van der Waals surface area contributed by atoms with E-state index in [-0.39, 0.29) is 5.91 Å². The summed E-state index contributed by atoms with van der Waals surface area (Å²) in [6.45, 7) is 1.87. The van der Waals surface area contributed by atoms with Crippen LogP contribution in [-0.2, 0) is 0 Å². The SMILES string of the molecule is COc1cc(N)cc(Cl)c1NC(=O)c1ccccc1C. The molecule has 104 valence electrons. The van der Waals surface area contributed by atoms with Crippen LogP contribution in [0.2, 0.25) is 5.02 Å². The summed E-state index contributed by atoms with van der Waals surface area (Å²) in [6, 6.07) is 10.5. The van der Waals surface area contributed by atoms with Crippen molar-refractivity contribution in [2.45, 2.75) is 6.92 Å². The number of halogens is 1. The van der Waals surface area contributed by atoms with E-state index in [0.29, 0.717) is 27.7 Å². The van der Waals surface area contributed by atoms with Crippen molar-refractivity contribution >= 4 is 28.9 Å². The topological polar surface area (TPSA) is 64.3 Å². The third kappa shape index (κ3) is 2.86. The van der Waals surface area contributed by atoms with Crippen LogP contribution in [0, 0.1) is 6.92 Å². The average molecular weight is 291 g/mol. The second kappa shape index (κ2) is 5.84. The molecule has 0 aliphatic heterocycles. The molecule has 0 aromatic heterocycles. The fourth-order valence-corrected chi connectivity index (χ4v) is 2.16. The van der Waals surface area contributed by atoms with E-state index in [1.165, 1.54) is 7.11 Å². The van der Waals surface area contributed by atoms with Gasteiger partial charge in [-0.05, 0) is 24.6 Å². The lowest BCUT2D eigenvalue weighted by atomic mass is 10.1. The Morgan fingerprint density at radius 1 is 1.30 bits per heavy atom. The van der Waals surface area contributed by atoms with Crippen LogP contribution < -0.4 is 15.8 Å². The normalized spacial score (nSPS) is 10.2. The minimum atomic E-state index is -0.243. The Bertz CT molecular complexity index is 656. The maximum Gasteiger partial charge on any atom is 0.256 e. The molecule has 0 spiro atoms. The largest absolute Gasteiger partial charge is 0.494 e. The number of benzene rings is 2. The summed E-state index contributed by atoms with van der Waals surface area (Å²) >= 11 is 6.11. The van der Waals surface area contributed by atoms with Gasteiger partial charge in [-0.25, -0.2) is 0 Å². The number of nitrogens with one attached hydrogen (secondary N) is 1. The van der Waals surface area contributed by atoms with E-state index in [1.807, 2.05) is 25.1 Å². The van der Waals surface area contributed by atoms with Gasteiger partial charge < -0.3 is 15.8 Å². The molecule has 5 heteroatoms. The van der Waals surface area contributed by atoms with Crippen LogP contribution in [0.25, 0.3) is 0 Å². The first-order valence-corrected chi connectivity index (χ1v) is 6.40. The molecule has 0 fully saturated rings. The molecule has 0 saturated heterocycles. The van der Waals surface area contributed by atoms with Gasteiger partial charge in [0.25, 0.3) is 5.91 Å². The van der Waals surface area contributed by atoms with Crippen molar-refractivity contribution in [1.82, 2.24) is 0 Å². The van der Waals surface area contributed by atoms with E-state index in [1.54, 1.807) is 18.2 Å². The zero-order valence-electron chi connectivity index (χ0n) is 11.2. The van der Waals surface area contributed by atoms with E-state index in [2.05, 4.69) is 5.32 Å². The summed E-state index contributed by atoms with van der Waals surface area (Å²) in [5.41, 5.74) is 8.05. The molecule has 0 saturated carbocycles. The number of amides is 1. The number of ether oxygens (including phenoxy) is 1. The molecule has 0 bridgehead atoms. The average Bonchev–Trinajstić information content (AvgIpc) is 2.41. The van der Waals surface area contributed by atoms with Crippen LogP contribution in [-0.4, -0.2) is 13.0 Å². The molecule has 0 aliphatic rings. The molecule has 20 heavy (non-hydrogen) atoms. The highest BCUT2D eigenvalue weighted by Crippen LogP contribution is 2.35. The summed E-state index contributed by atoms with van der Waals surface area (Å²) < 4.78 is 5.19. The molecule has 2 aromatic rings. The fourth-order valence-electron chi connectivity index (χ4n) is 1.89. The molecule has 1 amide bonds. The monoisotopic (exact) mass is 290 g/mol. The Balaban J connectivity index is 2.35. The minimum absolute atomic E-state index is 0.243. The van der Waals surface area contributed by atoms with Gasteiger partial charge in [0.15, 0.2) is 0 Å². The quantitative estimate of drug-likeness (QED) is 0.851. The Kier molecular flexibility index (Phi) is 4.15. The van der Waals surface area contributed by atoms with Crippen LogP contribution in [0.1, 0.15) is 15.9 Å². The van der Waals surface area contributed by atoms with Gasteiger partial charge in [-0.15, -0.1) is 0 Å². The number of hydrogen-bond donors (Lipinski definition) is 2. The zero-order valence-corrected chi connectivity index (χ0v) is 12.0. The highest BCUT2D eigenvalue weighted by Gasteiger charge is 2.15. The number of nitrogen functional groups attached to an aromatic ring is 1. The number of aryl methyl sites for hydroxylation is 1. The Hall–Kier alpha value is -2.20. The van der Waals surface area contributed by atoms with E-state index in [9.17, 15) is 4.79 Å². The molecule has 2 aromatic carbocycles. The number of nitrogens with two attached hydrogens (primary N) is 1. The summed E-state index contributed by atoms with van der Waals surface area (Å²) in [7, 11) is 1.49. The summed E-state index contributed by atoms with van der Waals surface area (Å²) in [5, 5.41) is 3.10. The molecule has 0 radical (unpaired) electrons. The van der Waals surface area contributed by atoms with Crippen molar-refractivity contribution in [3.8, 4) is 5.75 Å². The third-order valence-electron chi connectivity index (χ3n) is 2.92. The number of carbonyl (C=O) groups excluding carboxylic acids is 1. The van der Waals surface area contributed by atoms with E-state index in [4.69, 9.17) is 22.1 Å². The minimum Gasteiger partial charge on any atom is -0.494 e. The molecule has 0 unspecified atom stereocenters. The first-order valence-electron chi connectivity index (χ1n) is 6.03. The van der Waals surface area contributed by atoms with Crippen LogP contribution in [0.3, 0.4) is 0 Å². The first-order chi connectivity index (χ1) is 9.52. The smallest absolute Gasteiger partial charge is 0.256 e. The van der Waals surface area contributed by atoms with Gasteiger partial charge in [0.1, 0.15) is 11.4 Å². The predicted octanol–water partition coefficient (Wildman–Crippen LogP) is 3.49. The number of anilines is 2. The summed E-state index contributed by atoms with van der Waals surface area (Å²) in [4.78, 5) is 12.3. The second-order valence-corrected chi connectivity index (χ2v) is 4.76. The maximum absolute atomic E-state index is 12.3. The van der Waals surface area contributed by atoms with Gasteiger partial charge in [0.2, 0.25) is 0 Å². The molecule has 0 heterocycles. The van der Waals surface area contributed by atoms with Gasteiger partial charge in [-0.3, -0.25) is 4.79 Å². The summed E-state index contributed by atoms with van der Waals surface area (Å²) in [5.74, 6) is 0.185. The first kappa shape index (κ1) is 14.2. The van der Waals surface area contributed by atoms with Crippen molar-refractivity contribution in [2.24, 2.45) is 0 Å². The highest BCUT2D eigenvalue weighted by molar-refractivity contribution is 6.34. The molecule has 0 atom stereocenters. The number of carbonyl (C=O) groups is 1. The molecule has 3 N–H and O–H groups in total. The van der Waals surface area contributed by atoms with E-state index in [0.717, 1.165) is 5.56 Å². The van der Waals surface area contributed by atoms with E-state index < -0.39 is 0 Å². The standard InChI is InChI=1S/C15H15ClN2O2/c1-9-5-3-4-6-11(9)15(19)18-14-12(16)7-10(17)8-13(14)20-2/h3-8H,17H2,1-2H3,(H,18,19). The van der Waals surface area contributed by atoms with Crippen molar-refractivity contribution in [2.75, 3.05) is 18.2 Å². The molecule has 0 aliphatic carbocycles. The third-order valence-corrected chi connectivity index (χ3v) is 3.22. The van der Waals surface area contributed by atoms with Crippen LogP contribution in [0.4, 0.5) is 11.4 Å². The molecule has 4 nitrogen and oxygen atoms in total. The van der Waals surface area contributed by atoms with Crippen LogP contribution in [0.5, 0.6) is 5.75 Å². The van der Waals surface area contributed by atoms with Gasteiger partial charge in [0, 0.05) is 17.3 Å². The lowest BCUT2D eigenvalue weighted by molar-refractivity contribution is 0.102. The zero-order chi connectivity index (χ0) is 14.7. The van der Waals surface area contributed by atoms with Gasteiger partial charge in [-0.1, -0.05) is 29.8 Å². The van der Waals surface area contributed by atoms with Gasteiger partial charge >= 0.3 is 0 Å². The van der Waals surface area contributed by atoms with E-state index >= 15 is 0 Å². The van der Waals surface area contributed by atoms with Crippen molar-refractivity contribution in [1.29, 1.82) is 0 Å². The van der Waals surface area contributed by atoms with Crippen molar-refractivity contribution < 1.29 is 9.53 Å². The second-order valence-electron chi connectivity index (χ2n) is 4.35. The van der Waals surface area contributed by atoms with Crippen LogP contribution in [0.15, 0.2) is 36.4 Å². The predicted molar refractivity (Wildman–Crippen MR) is 81.5 cm³/mol. The highest BCUT2D eigenvalue weighted by atomic mass is 35.5. The van der Waals surface area contributed by atoms with Gasteiger partial charge in [-0.2, -0.15) is 0 Å². The number of hydrogen-bond acceptors (Lipinski definition) is 3. The molecular weight excluding hydrogens is 276 g/mol. The van der Waals surface area contributed by atoms with Gasteiger partial charge in [0.05, 0.1) is 12.1 Å². The maximum atomic E-state index is 12.3. The Labute approximate surface area is 122 Å². The lowest BCUT2D eigenvalue weighted by Crippen LogP contribution is -2.14. The number of rotatable bonds is 3. The van der Waals surface area contributed by atoms with Crippen LogP contribution >= 0.6 is 11.6 Å². The van der Waals surface area contributed by atoms with Crippen molar-refractivity contribution in [3.63, 3.8) is 0 Å². The van der Waals surface area contributed by atoms with Crippen molar-refractivity contribution in [3.05, 3.63) is 52.5 Å². The molecule has 2 rings (SSSR count). The Morgan fingerprint density at radius 2 is 2.00 bits per heavy atom. The lowest BCUT2D eigenvalue weighted by Gasteiger charge is -2.13. The number of methoxy groups -OCH3 is 1. The fraction of sp³-hybridized carbons (Fsp3) is 0.133. The Morgan fingerprint density at radius 3 is 2.65 bits per heavy atom. The summed E-state index contributed by atoms with van der Waals surface area (Å²) in [6.07, 6.45) is 0. The molecular formula is C15H15ClN2O2.